The molecule has 0 bridgehead atoms. The van der Waals surface area contributed by atoms with Gasteiger partial charge in [-0.15, -0.1) is 0 Å². The molecule has 0 heterocycles. The summed E-state index contributed by atoms with van der Waals surface area (Å²) in [5.74, 6) is -0.321. The highest BCUT2D eigenvalue weighted by atomic mass is 16.5. The fraction of sp³-hybridized carbons (Fsp3) is 0.278. The number of benzene rings is 2. The van der Waals surface area contributed by atoms with E-state index in [1.54, 1.807) is 6.07 Å². The number of aryl methyl sites for hydroxylation is 1. The minimum atomic E-state index is -0.321. The predicted octanol–water partition coefficient (Wildman–Crippen LogP) is 3.62. The van der Waals surface area contributed by atoms with Crippen LogP contribution in [0.5, 0.6) is 0 Å². The molecule has 0 aromatic heterocycles. The number of hydrogen-bond donors (Lipinski definition) is 0. The molecule has 3 nitrogen and oxygen atoms in total. The molecule has 0 aliphatic rings. The Balaban J connectivity index is 1.77. The Labute approximate surface area is 125 Å². The van der Waals surface area contributed by atoms with E-state index in [0.717, 1.165) is 18.4 Å². The van der Waals surface area contributed by atoms with Crippen LogP contribution in [0.2, 0.25) is 0 Å². The smallest absolute Gasteiger partial charge is 0.338 e. The Morgan fingerprint density at radius 3 is 2.48 bits per heavy atom. The van der Waals surface area contributed by atoms with Crippen molar-refractivity contribution in [3.8, 4) is 0 Å². The van der Waals surface area contributed by atoms with E-state index in [0.29, 0.717) is 18.8 Å². The highest BCUT2D eigenvalue weighted by Crippen LogP contribution is 2.12. The summed E-state index contributed by atoms with van der Waals surface area (Å²) in [7, 11) is 1.39. The lowest BCUT2D eigenvalue weighted by atomic mass is 10.1. The number of rotatable bonds is 7. The number of esters is 1. The zero-order valence-corrected chi connectivity index (χ0v) is 12.2. The minimum Gasteiger partial charge on any atom is -0.465 e. The van der Waals surface area contributed by atoms with Crippen molar-refractivity contribution in [1.82, 2.24) is 0 Å². The van der Waals surface area contributed by atoms with Crippen molar-refractivity contribution in [3.63, 3.8) is 0 Å². The standard InChI is InChI=1S/C18H20O3/c1-20-18(19)17-12-6-5-11-16(17)14-21-13-7-10-15-8-3-2-4-9-15/h2-6,8-9,11-12H,7,10,13-14H2,1H3. The summed E-state index contributed by atoms with van der Waals surface area (Å²) < 4.78 is 10.4. The van der Waals surface area contributed by atoms with E-state index in [-0.39, 0.29) is 5.97 Å². The van der Waals surface area contributed by atoms with Gasteiger partial charge in [-0.05, 0) is 30.0 Å². The van der Waals surface area contributed by atoms with Crippen LogP contribution in [-0.4, -0.2) is 19.7 Å². The fourth-order valence-corrected chi connectivity index (χ4v) is 2.16. The van der Waals surface area contributed by atoms with Crippen molar-refractivity contribution < 1.29 is 14.3 Å². The lowest BCUT2D eigenvalue weighted by molar-refractivity contribution is 0.0592. The maximum absolute atomic E-state index is 11.6. The molecule has 21 heavy (non-hydrogen) atoms. The number of carbonyl (C=O) groups is 1. The first-order chi connectivity index (χ1) is 10.3. The molecule has 0 amide bonds. The molecule has 0 unspecified atom stereocenters. The van der Waals surface area contributed by atoms with E-state index in [1.807, 2.05) is 36.4 Å². The van der Waals surface area contributed by atoms with Crippen molar-refractivity contribution in [1.29, 1.82) is 0 Å². The molecule has 0 aliphatic heterocycles. The molecule has 2 aromatic carbocycles. The van der Waals surface area contributed by atoms with Crippen molar-refractivity contribution in [2.45, 2.75) is 19.4 Å². The summed E-state index contributed by atoms with van der Waals surface area (Å²) in [6.07, 6.45) is 1.96. The Kier molecular flexibility index (Phi) is 5.98. The molecule has 3 heteroatoms. The van der Waals surface area contributed by atoms with Crippen LogP contribution in [0.25, 0.3) is 0 Å². The first kappa shape index (κ1) is 15.3. The van der Waals surface area contributed by atoms with Gasteiger partial charge in [0, 0.05) is 6.61 Å². The first-order valence-corrected chi connectivity index (χ1v) is 7.09. The Morgan fingerprint density at radius 2 is 1.71 bits per heavy atom. The van der Waals surface area contributed by atoms with Gasteiger partial charge in [-0.3, -0.25) is 0 Å². The summed E-state index contributed by atoms with van der Waals surface area (Å²) in [6, 6.07) is 17.7. The van der Waals surface area contributed by atoms with Gasteiger partial charge < -0.3 is 9.47 Å². The van der Waals surface area contributed by atoms with E-state index in [9.17, 15) is 4.79 Å². The molecule has 110 valence electrons. The van der Waals surface area contributed by atoms with Gasteiger partial charge in [-0.25, -0.2) is 4.79 Å². The van der Waals surface area contributed by atoms with Crippen LogP contribution >= 0.6 is 0 Å². The minimum absolute atomic E-state index is 0.321. The van der Waals surface area contributed by atoms with E-state index in [4.69, 9.17) is 9.47 Å². The van der Waals surface area contributed by atoms with Crippen LogP contribution < -0.4 is 0 Å². The maximum Gasteiger partial charge on any atom is 0.338 e. The van der Waals surface area contributed by atoms with Crippen LogP contribution in [0.15, 0.2) is 54.6 Å². The highest BCUT2D eigenvalue weighted by Gasteiger charge is 2.10. The molecule has 0 N–H and O–H groups in total. The van der Waals surface area contributed by atoms with Gasteiger partial charge in [0.15, 0.2) is 0 Å². The quantitative estimate of drug-likeness (QED) is 0.575. The average Bonchev–Trinajstić information content (AvgIpc) is 2.55. The second-order valence-electron chi connectivity index (χ2n) is 4.79. The van der Waals surface area contributed by atoms with E-state index in [1.165, 1.54) is 12.7 Å². The second-order valence-corrected chi connectivity index (χ2v) is 4.79. The molecule has 0 saturated carbocycles. The van der Waals surface area contributed by atoms with Crippen LogP contribution in [0.1, 0.15) is 27.9 Å². The molecule has 2 aromatic rings. The Bertz CT molecular complexity index is 564. The number of methoxy groups -OCH3 is 1. The lowest BCUT2D eigenvalue weighted by Crippen LogP contribution is -2.07. The molecule has 0 radical (unpaired) electrons. The third-order valence-electron chi connectivity index (χ3n) is 3.28. The van der Waals surface area contributed by atoms with Crippen molar-refractivity contribution >= 4 is 5.97 Å². The highest BCUT2D eigenvalue weighted by molar-refractivity contribution is 5.90. The molecule has 0 fully saturated rings. The molecule has 0 saturated heterocycles. The first-order valence-electron chi connectivity index (χ1n) is 7.09. The Hall–Kier alpha value is -2.13. The maximum atomic E-state index is 11.6. The second kappa shape index (κ2) is 8.22. The number of carbonyl (C=O) groups excluding carboxylic acids is 1. The zero-order chi connectivity index (χ0) is 14.9. The summed E-state index contributed by atoms with van der Waals surface area (Å²) in [6.45, 7) is 1.10. The molecular formula is C18H20O3. The van der Waals surface area contributed by atoms with Crippen LogP contribution in [0.3, 0.4) is 0 Å². The third-order valence-corrected chi connectivity index (χ3v) is 3.28. The van der Waals surface area contributed by atoms with Gasteiger partial charge >= 0.3 is 5.97 Å². The molecular weight excluding hydrogens is 264 g/mol. The molecule has 0 spiro atoms. The SMILES string of the molecule is COC(=O)c1ccccc1COCCCc1ccccc1. The van der Waals surface area contributed by atoms with Gasteiger partial charge in [0.1, 0.15) is 0 Å². The lowest BCUT2D eigenvalue weighted by Gasteiger charge is -2.08. The number of ether oxygens (including phenoxy) is 2. The zero-order valence-electron chi connectivity index (χ0n) is 12.2. The third kappa shape index (κ3) is 4.72. The van der Waals surface area contributed by atoms with Gasteiger partial charge in [-0.1, -0.05) is 48.5 Å². The monoisotopic (exact) mass is 284 g/mol. The van der Waals surface area contributed by atoms with Gasteiger partial charge in [0.05, 0.1) is 19.3 Å². The van der Waals surface area contributed by atoms with E-state index < -0.39 is 0 Å². The topological polar surface area (TPSA) is 35.5 Å². The summed E-state index contributed by atoms with van der Waals surface area (Å²) in [5.41, 5.74) is 2.75. The molecule has 2 rings (SSSR count). The predicted molar refractivity (Wildman–Crippen MR) is 82.2 cm³/mol. The van der Waals surface area contributed by atoms with Gasteiger partial charge in [0.2, 0.25) is 0 Å². The fourth-order valence-electron chi connectivity index (χ4n) is 2.16. The van der Waals surface area contributed by atoms with Crippen molar-refractivity contribution in [3.05, 3.63) is 71.3 Å². The Morgan fingerprint density at radius 1 is 1.00 bits per heavy atom. The largest absolute Gasteiger partial charge is 0.465 e. The summed E-state index contributed by atoms with van der Waals surface area (Å²) >= 11 is 0. The summed E-state index contributed by atoms with van der Waals surface area (Å²) in [5, 5.41) is 0. The average molecular weight is 284 g/mol. The van der Waals surface area contributed by atoms with Gasteiger partial charge in [-0.2, -0.15) is 0 Å². The normalized spacial score (nSPS) is 10.3. The van der Waals surface area contributed by atoms with Gasteiger partial charge in [0.25, 0.3) is 0 Å². The van der Waals surface area contributed by atoms with Crippen LogP contribution in [0.4, 0.5) is 0 Å². The van der Waals surface area contributed by atoms with Crippen LogP contribution in [0, 0.1) is 0 Å². The molecule has 0 atom stereocenters. The molecule has 0 aliphatic carbocycles. The number of hydrogen-bond acceptors (Lipinski definition) is 3. The van der Waals surface area contributed by atoms with E-state index in [2.05, 4.69) is 12.1 Å². The van der Waals surface area contributed by atoms with E-state index >= 15 is 0 Å². The summed E-state index contributed by atoms with van der Waals surface area (Å²) in [4.78, 5) is 11.6. The van der Waals surface area contributed by atoms with Crippen molar-refractivity contribution in [2.75, 3.05) is 13.7 Å². The van der Waals surface area contributed by atoms with Crippen molar-refractivity contribution in [2.24, 2.45) is 0 Å². The van der Waals surface area contributed by atoms with Crippen LogP contribution in [-0.2, 0) is 22.5 Å².